The van der Waals surface area contributed by atoms with Crippen LogP contribution >= 0.6 is 11.6 Å². The van der Waals surface area contributed by atoms with Crippen LogP contribution in [0.25, 0.3) is 6.08 Å². The van der Waals surface area contributed by atoms with Gasteiger partial charge in [0.2, 0.25) is 0 Å². The molecule has 7 nitrogen and oxygen atoms in total. The standard InChI is InChI=1S/C20H17ClN2O5/c1-11-15(7-12-8-16(21)18(28-3)17(9-12)27-2)19(24)23(22-11)14-6-4-5-13(10-14)20(25)26/h4-10H,1-3H3,(H,25,26)/p-1/b15-7-. The first-order valence-electron chi connectivity index (χ1n) is 8.20. The lowest BCUT2D eigenvalue weighted by Crippen LogP contribution is -2.24. The molecule has 1 amide bonds. The average molecular weight is 400 g/mol. The average Bonchev–Trinajstić information content (AvgIpc) is 2.95. The molecule has 0 saturated heterocycles. The summed E-state index contributed by atoms with van der Waals surface area (Å²) < 4.78 is 10.5. The molecule has 0 atom stereocenters. The number of benzene rings is 2. The molecule has 0 radical (unpaired) electrons. The number of carbonyl (C=O) groups is 2. The Balaban J connectivity index is 1.98. The number of hydrogen-bond acceptors (Lipinski definition) is 6. The second-order valence-electron chi connectivity index (χ2n) is 5.94. The summed E-state index contributed by atoms with van der Waals surface area (Å²) >= 11 is 6.22. The summed E-state index contributed by atoms with van der Waals surface area (Å²) in [6.45, 7) is 1.69. The van der Waals surface area contributed by atoms with Crippen LogP contribution < -0.4 is 19.6 Å². The Kier molecular flexibility index (Phi) is 5.37. The van der Waals surface area contributed by atoms with Crippen LogP contribution in [-0.2, 0) is 4.79 Å². The largest absolute Gasteiger partial charge is 0.545 e. The highest BCUT2D eigenvalue weighted by molar-refractivity contribution is 6.33. The molecule has 0 bridgehead atoms. The van der Waals surface area contributed by atoms with E-state index < -0.39 is 5.97 Å². The molecule has 0 aromatic heterocycles. The van der Waals surface area contributed by atoms with Gasteiger partial charge in [0.25, 0.3) is 5.91 Å². The van der Waals surface area contributed by atoms with Crippen molar-refractivity contribution >= 4 is 41.0 Å². The van der Waals surface area contributed by atoms with Crippen molar-refractivity contribution in [2.24, 2.45) is 5.10 Å². The summed E-state index contributed by atoms with van der Waals surface area (Å²) in [6.07, 6.45) is 1.64. The van der Waals surface area contributed by atoms with Crippen molar-refractivity contribution in [1.82, 2.24) is 0 Å². The molecule has 1 aliphatic rings. The van der Waals surface area contributed by atoms with Gasteiger partial charge in [-0.2, -0.15) is 10.1 Å². The molecule has 0 spiro atoms. The third-order valence-corrected chi connectivity index (χ3v) is 4.44. The predicted molar refractivity (Wildman–Crippen MR) is 104 cm³/mol. The van der Waals surface area contributed by atoms with Gasteiger partial charge in [0, 0.05) is 0 Å². The SMILES string of the molecule is COc1cc(/C=C2\C(=O)N(c3cccc(C(=O)[O-])c3)N=C2C)cc(Cl)c1OC. The number of methoxy groups -OCH3 is 2. The zero-order valence-corrected chi connectivity index (χ0v) is 16.1. The van der Waals surface area contributed by atoms with Crippen molar-refractivity contribution < 1.29 is 24.2 Å². The molecule has 0 N–H and O–H groups in total. The third kappa shape index (κ3) is 3.57. The van der Waals surface area contributed by atoms with E-state index in [-0.39, 0.29) is 11.5 Å². The molecule has 2 aromatic carbocycles. The molecular weight excluding hydrogens is 384 g/mol. The van der Waals surface area contributed by atoms with Crippen molar-refractivity contribution in [3.05, 3.63) is 58.1 Å². The van der Waals surface area contributed by atoms with Crippen molar-refractivity contribution in [2.45, 2.75) is 6.92 Å². The summed E-state index contributed by atoms with van der Waals surface area (Å²) in [5.74, 6) is -0.889. The van der Waals surface area contributed by atoms with E-state index in [2.05, 4.69) is 5.10 Å². The molecule has 3 rings (SSSR count). The number of rotatable bonds is 5. The summed E-state index contributed by atoms with van der Waals surface area (Å²) in [4.78, 5) is 23.9. The van der Waals surface area contributed by atoms with E-state index in [1.54, 1.807) is 31.2 Å². The van der Waals surface area contributed by atoms with E-state index in [0.29, 0.717) is 39.1 Å². The predicted octanol–water partition coefficient (Wildman–Crippen LogP) is 2.53. The Hall–Kier alpha value is -3.32. The van der Waals surface area contributed by atoms with Crippen LogP contribution in [-0.4, -0.2) is 31.8 Å². The van der Waals surface area contributed by atoms with E-state index in [0.717, 1.165) is 5.01 Å². The monoisotopic (exact) mass is 399 g/mol. The van der Waals surface area contributed by atoms with Gasteiger partial charge in [-0.1, -0.05) is 23.7 Å². The maximum Gasteiger partial charge on any atom is 0.280 e. The van der Waals surface area contributed by atoms with Crippen molar-refractivity contribution in [3.63, 3.8) is 0 Å². The molecule has 144 valence electrons. The van der Waals surface area contributed by atoms with Gasteiger partial charge in [-0.3, -0.25) is 4.79 Å². The molecule has 1 aliphatic heterocycles. The van der Waals surface area contributed by atoms with E-state index >= 15 is 0 Å². The highest BCUT2D eigenvalue weighted by Gasteiger charge is 2.29. The van der Waals surface area contributed by atoms with Gasteiger partial charge in [0.05, 0.1) is 42.2 Å². The molecule has 0 unspecified atom stereocenters. The molecule has 0 saturated carbocycles. The lowest BCUT2D eigenvalue weighted by molar-refractivity contribution is -0.255. The van der Waals surface area contributed by atoms with Gasteiger partial charge in [-0.05, 0) is 48.4 Å². The van der Waals surface area contributed by atoms with E-state index in [1.165, 1.54) is 32.4 Å². The minimum atomic E-state index is -1.33. The van der Waals surface area contributed by atoms with Gasteiger partial charge in [0.1, 0.15) is 0 Å². The second-order valence-corrected chi connectivity index (χ2v) is 6.34. The van der Waals surface area contributed by atoms with Gasteiger partial charge >= 0.3 is 0 Å². The van der Waals surface area contributed by atoms with E-state index in [9.17, 15) is 14.7 Å². The number of carboxylic acids is 1. The Labute approximate surface area is 166 Å². The number of hydrazone groups is 1. The second kappa shape index (κ2) is 7.74. The summed E-state index contributed by atoms with van der Waals surface area (Å²) in [6, 6.07) is 9.18. The first-order chi connectivity index (χ1) is 13.3. The van der Waals surface area contributed by atoms with Crippen LogP contribution in [0.5, 0.6) is 11.5 Å². The van der Waals surface area contributed by atoms with Gasteiger partial charge in [-0.25, -0.2) is 0 Å². The lowest BCUT2D eigenvalue weighted by Gasteiger charge is -2.13. The number of aromatic carboxylic acids is 1. The number of amides is 1. The maximum atomic E-state index is 12.9. The highest BCUT2D eigenvalue weighted by atomic mass is 35.5. The number of anilines is 1. The Bertz CT molecular complexity index is 1030. The van der Waals surface area contributed by atoms with E-state index in [1.807, 2.05) is 0 Å². The number of carboxylic acid groups (broad SMARTS) is 1. The Morgan fingerprint density at radius 2 is 1.96 bits per heavy atom. The van der Waals surface area contributed by atoms with Crippen molar-refractivity contribution in [3.8, 4) is 11.5 Å². The molecular formula is C20H16ClN2O5-. The maximum absolute atomic E-state index is 12.9. The molecule has 2 aromatic rings. The molecule has 1 heterocycles. The van der Waals surface area contributed by atoms with Crippen LogP contribution in [0, 0.1) is 0 Å². The fourth-order valence-corrected chi connectivity index (χ4v) is 3.11. The van der Waals surface area contributed by atoms with Crippen LogP contribution in [0.2, 0.25) is 5.02 Å². The molecule has 0 fully saturated rings. The normalized spacial score (nSPS) is 15.0. The minimum Gasteiger partial charge on any atom is -0.545 e. The number of halogens is 1. The van der Waals surface area contributed by atoms with Gasteiger partial charge < -0.3 is 19.4 Å². The number of ether oxygens (including phenoxy) is 2. The summed E-state index contributed by atoms with van der Waals surface area (Å²) in [5, 5.41) is 16.8. The first kappa shape index (κ1) is 19.4. The Morgan fingerprint density at radius 3 is 2.61 bits per heavy atom. The minimum absolute atomic E-state index is 0.0396. The molecule has 8 heteroatoms. The highest BCUT2D eigenvalue weighted by Crippen LogP contribution is 2.37. The lowest BCUT2D eigenvalue weighted by atomic mass is 10.1. The van der Waals surface area contributed by atoms with Crippen LogP contribution in [0.3, 0.4) is 0 Å². The van der Waals surface area contributed by atoms with E-state index in [4.69, 9.17) is 21.1 Å². The topological polar surface area (TPSA) is 91.3 Å². The fraction of sp³-hybridized carbons (Fsp3) is 0.150. The molecule has 28 heavy (non-hydrogen) atoms. The number of carbonyl (C=O) groups excluding carboxylic acids is 2. The van der Waals surface area contributed by atoms with Gasteiger partial charge in [0.15, 0.2) is 11.5 Å². The fourth-order valence-electron chi connectivity index (χ4n) is 2.81. The van der Waals surface area contributed by atoms with Crippen molar-refractivity contribution in [2.75, 3.05) is 19.2 Å². The number of nitrogens with zero attached hydrogens (tertiary/aromatic N) is 2. The third-order valence-electron chi connectivity index (χ3n) is 4.16. The van der Waals surface area contributed by atoms with Crippen LogP contribution in [0.1, 0.15) is 22.8 Å². The smallest absolute Gasteiger partial charge is 0.280 e. The summed E-state index contributed by atoms with van der Waals surface area (Å²) in [7, 11) is 2.97. The number of hydrogen-bond donors (Lipinski definition) is 0. The van der Waals surface area contributed by atoms with Crippen molar-refractivity contribution in [1.29, 1.82) is 0 Å². The van der Waals surface area contributed by atoms with Gasteiger partial charge in [-0.15, -0.1) is 0 Å². The summed E-state index contributed by atoms with van der Waals surface area (Å²) in [5.41, 5.74) is 1.75. The molecule has 0 aliphatic carbocycles. The zero-order chi connectivity index (χ0) is 20.4. The van der Waals surface area contributed by atoms with Crippen LogP contribution in [0.15, 0.2) is 47.1 Å². The zero-order valence-electron chi connectivity index (χ0n) is 15.4. The van der Waals surface area contributed by atoms with Crippen LogP contribution in [0.4, 0.5) is 5.69 Å². The Morgan fingerprint density at radius 1 is 1.21 bits per heavy atom. The quantitative estimate of drug-likeness (QED) is 0.720. The first-order valence-corrected chi connectivity index (χ1v) is 8.58.